The van der Waals surface area contributed by atoms with Gasteiger partial charge in [-0.25, -0.2) is 0 Å². The molecule has 0 heterocycles. The minimum Gasteiger partial charge on any atom is -0.365 e. The third-order valence-electron chi connectivity index (χ3n) is 1.62. The molecule has 0 fully saturated rings. The zero-order valence-electron chi connectivity index (χ0n) is 7.35. The van der Waals surface area contributed by atoms with Crippen LogP contribution in [0.4, 0.5) is 13.2 Å². The van der Waals surface area contributed by atoms with Crippen molar-refractivity contribution < 1.29 is 17.9 Å². The Morgan fingerprint density at radius 2 is 1.58 bits per heavy atom. The maximum Gasteiger partial charge on any atom is 0.414 e. The number of alkyl halides is 3. The van der Waals surface area contributed by atoms with Gasteiger partial charge in [-0.2, -0.15) is 13.2 Å². The summed E-state index contributed by atoms with van der Waals surface area (Å²) in [5, 5.41) is 0. The molecule has 2 nitrogen and oxygen atoms in total. The molecule has 0 aromatic carbocycles. The summed E-state index contributed by atoms with van der Waals surface area (Å²) in [6.07, 6.45) is -6.64. The molecular formula is C7H14F3NO. The number of hydrogen-bond donors (Lipinski definition) is 1. The molecule has 0 aliphatic carbocycles. The van der Waals surface area contributed by atoms with Gasteiger partial charge in [0, 0.05) is 6.04 Å². The Morgan fingerprint density at radius 3 is 1.83 bits per heavy atom. The van der Waals surface area contributed by atoms with Gasteiger partial charge in [-0.3, -0.25) is 0 Å². The third-order valence-corrected chi connectivity index (χ3v) is 1.62. The minimum absolute atomic E-state index is 0.394. The summed E-state index contributed by atoms with van der Waals surface area (Å²) in [6, 6.07) is -0.394. The molecule has 0 spiro atoms. The zero-order chi connectivity index (χ0) is 9.94. The highest BCUT2D eigenvalue weighted by Crippen LogP contribution is 2.23. The molecule has 0 bridgehead atoms. The van der Waals surface area contributed by atoms with Gasteiger partial charge in [0.2, 0.25) is 0 Å². The van der Waals surface area contributed by atoms with Crippen molar-refractivity contribution in [3.8, 4) is 0 Å². The first kappa shape index (κ1) is 11.7. The molecule has 0 aliphatic rings. The van der Waals surface area contributed by atoms with Crippen LogP contribution < -0.4 is 5.73 Å². The van der Waals surface area contributed by atoms with E-state index in [4.69, 9.17) is 5.73 Å². The number of nitrogens with two attached hydrogens (primary N) is 1. The van der Waals surface area contributed by atoms with Crippen LogP contribution in [-0.2, 0) is 4.74 Å². The predicted molar refractivity (Wildman–Crippen MR) is 39.7 cm³/mol. The molecule has 0 rings (SSSR count). The van der Waals surface area contributed by atoms with Crippen molar-refractivity contribution >= 4 is 0 Å². The van der Waals surface area contributed by atoms with Gasteiger partial charge in [0.15, 0.2) is 6.10 Å². The zero-order valence-corrected chi connectivity index (χ0v) is 7.35. The van der Waals surface area contributed by atoms with E-state index in [-0.39, 0.29) is 0 Å². The largest absolute Gasteiger partial charge is 0.414 e. The third kappa shape index (κ3) is 3.92. The molecule has 0 amide bonds. The molecule has 0 radical (unpaired) electrons. The normalized spacial score (nSPS) is 20.2. The van der Waals surface area contributed by atoms with E-state index in [0.717, 1.165) is 6.92 Å². The van der Waals surface area contributed by atoms with E-state index in [1.165, 1.54) is 6.92 Å². The van der Waals surface area contributed by atoms with Gasteiger partial charge >= 0.3 is 6.18 Å². The standard InChI is InChI=1S/C7H14F3NO/c1-4(11)5(2)12-6(3)7(8,9)10/h4-6H,11H2,1-3H3. The Balaban J connectivity index is 3.93. The Hall–Kier alpha value is -0.290. The van der Waals surface area contributed by atoms with Crippen molar-refractivity contribution in [2.75, 3.05) is 0 Å². The van der Waals surface area contributed by atoms with E-state index in [1.54, 1.807) is 6.92 Å². The Kier molecular flexibility index (Phi) is 3.99. The molecule has 0 aromatic rings. The van der Waals surface area contributed by atoms with E-state index in [9.17, 15) is 13.2 Å². The molecule has 12 heavy (non-hydrogen) atoms. The van der Waals surface area contributed by atoms with E-state index >= 15 is 0 Å². The Morgan fingerprint density at radius 1 is 1.17 bits per heavy atom. The van der Waals surface area contributed by atoms with Crippen LogP contribution >= 0.6 is 0 Å². The van der Waals surface area contributed by atoms with Crippen molar-refractivity contribution in [2.24, 2.45) is 5.73 Å². The molecule has 0 saturated carbocycles. The van der Waals surface area contributed by atoms with E-state index in [2.05, 4.69) is 4.74 Å². The van der Waals surface area contributed by atoms with Crippen LogP contribution in [0.1, 0.15) is 20.8 Å². The first-order chi connectivity index (χ1) is 5.25. The monoisotopic (exact) mass is 185 g/mol. The van der Waals surface area contributed by atoms with Gasteiger partial charge in [0.05, 0.1) is 6.10 Å². The lowest BCUT2D eigenvalue weighted by molar-refractivity contribution is -0.226. The summed E-state index contributed by atoms with van der Waals surface area (Å²) in [7, 11) is 0. The lowest BCUT2D eigenvalue weighted by Gasteiger charge is -2.23. The Bertz CT molecular complexity index is 135. The minimum atomic E-state index is -4.30. The number of halogens is 3. The average Bonchev–Trinajstić information content (AvgIpc) is 1.85. The topological polar surface area (TPSA) is 35.2 Å². The van der Waals surface area contributed by atoms with Gasteiger partial charge in [-0.05, 0) is 20.8 Å². The SMILES string of the molecule is CC(N)C(C)OC(C)C(F)(F)F. The molecule has 0 saturated heterocycles. The lowest BCUT2D eigenvalue weighted by Crippen LogP contribution is -2.39. The fourth-order valence-corrected chi connectivity index (χ4v) is 0.523. The van der Waals surface area contributed by atoms with Gasteiger partial charge < -0.3 is 10.5 Å². The summed E-state index contributed by atoms with van der Waals surface area (Å²) in [4.78, 5) is 0. The maximum absolute atomic E-state index is 11.9. The second-order valence-corrected chi connectivity index (χ2v) is 2.88. The number of rotatable bonds is 3. The second kappa shape index (κ2) is 4.09. The molecule has 3 atom stereocenters. The highest BCUT2D eigenvalue weighted by molar-refractivity contribution is 4.68. The second-order valence-electron chi connectivity index (χ2n) is 2.88. The quantitative estimate of drug-likeness (QED) is 0.726. The average molecular weight is 185 g/mol. The first-order valence-electron chi connectivity index (χ1n) is 3.73. The van der Waals surface area contributed by atoms with E-state index in [1.807, 2.05) is 0 Å². The molecule has 3 unspecified atom stereocenters. The van der Waals surface area contributed by atoms with Crippen molar-refractivity contribution in [3.63, 3.8) is 0 Å². The highest BCUT2D eigenvalue weighted by Gasteiger charge is 2.38. The van der Waals surface area contributed by atoms with Crippen LogP contribution in [0, 0.1) is 0 Å². The summed E-state index contributed by atoms with van der Waals surface area (Å²) >= 11 is 0. The van der Waals surface area contributed by atoms with E-state index in [0.29, 0.717) is 0 Å². The van der Waals surface area contributed by atoms with Gasteiger partial charge in [0.25, 0.3) is 0 Å². The lowest BCUT2D eigenvalue weighted by atomic mass is 10.2. The Labute approximate surface area is 69.9 Å². The van der Waals surface area contributed by atoms with Crippen LogP contribution in [0.25, 0.3) is 0 Å². The highest BCUT2D eigenvalue weighted by atomic mass is 19.4. The molecule has 0 aliphatic heterocycles. The summed E-state index contributed by atoms with van der Waals surface area (Å²) in [6.45, 7) is 4.10. The summed E-state index contributed by atoms with van der Waals surface area (Å²) < 4.78 is 40.3. The molecule has 0 aromatic heterocycles. The van der Waals surface area contributed by atoms with Crippen molar-refractivity contribution in [1.29, 1.82) is 0 Å². The summed E-state index contributed by atoms with van der Waals surface area (Å²) in [5.41, 5.74) is 5.34. The van der Waals surface area contributed by atoms with Crippen molar-refractivity contribution in [3.05, 3.63) is 0 Å². The van der Waals surface area contributed by atoms with Crippen LogP contribution in [-0.4, -0.2) is 24.4 Å². The molecule has 5 heteroatoms. The van der Waals surface area contributed by atoms with Gasteiger partial charge in [0.1, 0.15) is 0 Å². The van der Waals surface area contributed by atoms with Crippen molar-refractivity contribution in [2.45, 2.75) is 45.2 Å². The number of ether oxygens (including phenoxy) is 1. The van der Waals surface area contributed by atoms with Crippen molar-refractivity contribution in [1.82, 2.24) is 0 Å². The summed E-state index contributed by atoms with van der Waals surface area (Å²) in [5.74, 6) is 0. The molecule has 2 N–H and O–H groups in total. The van der Waals surface area contributed by atoms with Gasteiger partial charge in [-0.15, -0.1) is 0 Å². The van der Waals surface area contributed by atoms with Crippen LogP contribution in [0.5, 0.6) is 0 Å². The molecular weight excluding hydrogens is 171 g/mol. The fraction of sp³-hybridized carbons (Fsp3) is 1.00. The van der Waals surface area contributed by atoms with Gasteiger partial charge in [-0.1, -0.05) is 0 Å². The maximum atomic E-state index is 11.9. The van der Waals surface area contributed by atoms with Crippen LogP contribution in [0.15, 0.2) is 0 Å². The molecule has 74 valence electrons. The van der Waals surface area contributed by atoms with Crippen LogP contribution in [0.2, 0.25) is 0 Å². The fourth-order valence-electron chi connectivity index (χ4n) is 0.523. The smallest absolute Gasteiger partial charge is 0.365 e. The predicted octanol–water partition coefficient (Wildman–Crippen LogP) is 1.69. The number of hydrogen-bond acceptors (Lipinski definition) is 2. The van der Waals surface area contributed by atoms with Crippen LogP contribution in [0.3, 0.4) is 0 Å². The first-order valence-corrected chi connectivity index (χ1v) is 3.73. The van der Waals surface area contributed by atoms with E-state index < -0.39 is 24.4 Å².